The average Bonchev–Trinajstić information content (AvgIpc) is 3.56. The van der Waals surface area contributed by atoms with Gasteiger partial charge in [0.2, 0.25) is 0 Å². The third-order valence-electron chi connectivity index (χ3n) is 6.15. The van der Waals surface area contributed by atoms with Crippen LogP contribution in [0.5, 0.6) is 5.75 Å². The molecule has 0 bridgehead atoms. The normalized spacial score (nSPS) is 16.4. The van der Waals surface area contributed by atoms with E-state index in [2.05, 4.69) is 0 Å². The van der Waals surface area contributed by atoms with E-state index in [-0.39, 0.29) is 12.4 Å². The van der Waals surface area contributed by atoms with Gasteiger partial charge < -0.3 is 22.3 Å². The Labute approximate surface area is 207 Å². The maximum atomic E-state index is 15.9. The van der Waals surface area contributed by atoms with Crippen LogP contribution in [0.1, 0.15) is 42.6 Å². The van der Waals surface area contributed by atoms with E-state index in [1.54, 1.807) is 54.6 Å². The van der Waals surface area contributed by atoms with Crippen LogP contribution in [0, 0.1) is 5.41 Å². The van der Waals surface area contributed by atoms with Crippen molar-refractivity contribution in [2.24, 2.45) is 5.41 Å². The highest BCUT2D eigenvalue weighted by atomic mass is 32.1. The number of aromatic nitrogens is 1. The molecule has 0 saturated carbocycles. The van der Waals surface area contributed by atoms with Crippen LogP contribution >= 0.6 is 11.3 Å². The molecule has 35 heavy (non-hydrogen) atoms. The molecule has 0 amide bonds. The molecule has 4 heterocycles. The molecule has 2 aliphatic heterocycles. The van der Waals surface area contributed by atoms with Gasteiger partial charge in [-0.25, -0.2) is 0 Å². The van der Waals surface area contributed by atoms with Crippen molar-refractivity contribution in [2.75, 3.05) is 6.61 Å². The summed E-state index contributed by atoms with van der Waals surface area (Å²) in [7, 11) is 0. The number of carbonyl (C=O) groups is 1. The Kier molecular flexibility index (Phi) is 5.72. The van der Waals surface area contributed by atoms with Crippen LogP contribution in [-0.2, 0) is 4.79 Å². The molecular formula is C27H25BF2N2O2S. The predicted octanol–water partition coefficient (Wildman–Crippen LogP) is 6.36. The molecule has 2 aliphatic rings. The summed E-state index contributed by atoms with van der Waals surface area (Å²) < 4.78 is 39.6. The third-order valence-corrected chi connectivity index (χ3v) is 7.05. The van der Waals surface area contributed by atoms with E-state index in [4.69, 9.17) is 4.74 Å². The Balaban J connectivity index is 1.38. The minimum atomic E-state index is -4.07. The fourth-order valence-electron chi connectivity index (χ4n) is 4.14. The van der Waals surface area contributed by atoms with Gasteiger partial charge in [-0.05, 0) is 47.4 Å². The lowest BCUT2D eigenvalue weighted by Crippen LogP contribution is -2.50. The Bertz CT molecular complexity index is 1410. The van der Waals surface area contributed by atoms with Crippen molar-refractivity contribution in [3.05, 3.63) is 93.6 Å². The van der Waals surface area contributed by atoms with Gasteiger partial charge in [-0.15, -0.1) is 11.3 Å². The second kappa shape index (κ2) is 8.61. The first kappa shape index (κ1) is 23.2. The quantitative estimate of drug-likeness (QED) is 0.377. The van der Waals surface area contributed by atoms with Crippen LogP contribution in [0.25, 0.3) is 18.2 Å². The number of ketones is 1. The van der Waals surface area contributed by atoms with E-state index in [1.165, 1.54) is 11.3 Å². The van der Waals surface area contributed by atoms with Gasteiger partial charge in [0.05, 0.1) is 4.88 Å². The first-order valence-corrected chi connectivity index (χ1v) is 12.3. The Hall–Kier alpha value is -3.52. The zero-order chi connectivity index (χ0) is 24.8. The summed E-state index contributed by atoms with van der Waals surface area (Å²) in [5.74, 6) is 0.609. The van der Waals surface area contributed by atoms with Gasteiger partial charge >= 0.3 is 6.97 Å². The molecule has 0 N–H and O–H groups in total. The summed E-state index contributed by atoms with van der Waals surface area (Å²) in [4.78, 5) is 12.9. The van der Waals surface area contributed by atoms with Crippen LogP contribution in [0.2, 0.25) is 0 Å². The van der Waals surface area contributed by atoms with Gasteiger partial charge in [0.15, 0.2) is 17.2 Å². The Morgan fingerprint density at radius 1 is 1.09 bits per heavy atom. The third kappa shape index (κ3) is 4.34. The minimum Gasteiger partial charge on any atom is -0.486 e. The van der Waals surface area contributed by atoms with Crippen molar-refractivity contribution in [2.45, 2.75) is 20.8 Å². The molecule has 0 spiro atoms. The molecule has 8 heteroatoms. The topological polar surface area (TPSA) is 34.2 Å². The van der Waals surface area contributed by atoms with E-state index in [0.717, 1.165) is 19.4 Å². The van der Waals surface area contributed by atoms with Crippen LogP contribution < -0.4 is 4.74 Å². The largest absolute Gasteiger partial charge is 0.737 e. The van der Waals surface area contributed by atoms with Crippen molar-refractivity contribution >= 4 is 48.0 Å². The lowest BCUT2D eigenvalue weighted by Gasteiger charge is -2.30. The fraction of sp³-hybridized carbons (Fsp3) is 0.185. The van der Waals surface area contributed by atoms with Crippen LogP contribution in [0.15, 0.2) is 71.8 Å². The molecule has 0 fully saturated rings. The number of benzene rings is 1. The number of thiophene rings is 1. The van der Waals surface area contributed by atoms with Gasteiger partial charge in [-0.1, -0.05) is 45.0 Å². The zero-order valence-electron chi connectivity index (χ0n) is 19.7. The van der Waals surface area contributed by atoms with Gasteiger partial charge in [0, 0.05) is 35.0 Å². The first-order chi connectivity index (χ1) is 16.6. The summed E-state index contributed by atoms with van der Waals surface area (Å²) in [5.41, 5.74) is 2.31. The maximum Gasteiger partial charge on any atom is 0.737 e. The van der Waals surface area contributed by atoms with Gasteiger partial charge in [0.1, 0.15) is 12.4 Å². The molecule has 4 nitrogen and oxygen atoms in total. The highest BCUT2D eigenvalue weighted by Gasteiger charge is 2.52. The van der Waals surface area contributed by atoms with Gasteiger partial charge in [0.25, 0.3) is 0 Å². The van der Waals surface area contributed by atoms with Crippen molar-refractivity contribution in [3.8, 4) is 5.75 Å². The fourth-order valence-corrected chi connectivity index (χ4v) is 4.88. The van der Waals surface area contributed by atoms with Crippen LogP contribution in [0.3, 0.4) is 0 Å². The molecule has 178 valence electrons. The summed E-state index contributed by atoms with van der Waals surface area (Å²) in [6, 6.07) is 14.4. The molecule has 0 saturated heterocycles. The van der Waals surface area contributed by atoms with Crippen molar-refractivity contribution in [1.82, 2.24) is 4.48 Å². The molecule has 0 atom stereocenters. The number of nitrogens with zero attached hydrogens (tertiary/aromatic N) is 2. The predicted molar refractivity (Wildman–Crippen MR) is 139 cm³/mol. The number of ether oxygens (including phenoxy) is 1. The molecule has 1 aromatic carbocycles. The number of hydrogen-bond donors (Lipinski definition) is 0. The van der Waals surface area contributed by atoms with Crippen molar-refractivity contribution < 1.29 is 22.6 Å². The molecule has 0 aliphatic carbocycles. The monoisotopic (exact) mass is 490 g/mol. The minimum absolute atomic E-state index is 0.0114. The van der Waals surface area contributed by atoms with Gasteiger partial charge in [-0.2, -0.15) is 0 Å². The highest BCUT2D eigenvalue weighted by molar-refractivity contribution is 7.12. The molecule has 5 rings (SSSR count). The summed E-state index contributed by atoms with van der Waals surface area (Å²) >= 11 is 1.45. The maximum absolute atomic E-state index is 15.9. The average molecular weight is 490 g/mol. The standard InChI is InChI=1S/C27H25BF2N2O2S/c1-27(2,3)26(33)18-34-23-13-7-19(8-14-23)6-9-20-10-11-21-17-22-12-15-24(25-5-4-16-35-25)32(22)28(29,30)31(20)21/h4-17H,18H2,1-3H3/b9-6+. The number of Topliss-reactive ketones (excluding diaryl/α,β-unsaturated/α-hetero) is 1. The van der Waals surface area contributed by atoms with Gasteiger partial charge in [-0.3, -0.25) is 4.79 Å². The Morgan fingerprint density at radius 2 is 1.86 bits per heavy atom. The summed E-state index contributed by atoms with van der Waals surface area (Å²) in [6.07, 6.45) is 8.79. The van der Waals surface area contributed by atoms with E-state index < -0.39 is 12.4 Å². The number of fused-ring (bicyclic) bond motifs is 2. The summed E-state index contributed by atoms with van der Waals surface area (Å²) in [5, 5.41) is 1.89. The van der Waals surface area contributed by atoms with Crippen molar-refractivity contribution in [1.29, 1.82) is 0 Å². The smallest absolute Gasteiger partial charge is 0.486 e. The second-order valence-electron chi connectivity index (χ2n) is 9.64. The molecule has 0 radical (unpaired) electrons. The zero-order valence-corrected chi connectivity index (χ0v) is 20.6. The van der Waals surface area contributed by atoms with E-state index in [1.807, 2.05) is 50.4 Å². The molecule has 3 aromatic rings. The second-order valence-corrected chi connectivity index (χ2v) is 10.6. The number of allylic oxidation sites excluding steroid dienone is 2. The SMILES string of the molecule is CC(C)(C)C(=O)COc1ccc(/C=C/c2ccc3n2[B-](F)(F)[N+]2=C(c4cccs4)C=CC2=C3)cc1. The van der Waals surface area contributed by atoms with Crippen molar-refractivity contribution in [3.63, 3.8) is 0 Å². The number of hydrogen-bond acceptors (Lipinski definition) is 3. The molecule has 2 aromatic heterocycles. The lowest BCUT2D eigenvalue weighted by atomic mass is 9.90. The van der Waals surface area contributed by atoms with E-state index in [0.29, 0.717) is 28.5 Å². The lowest BCUT2D eigenvalue weighted by molar-refractivity contribution is -0.360. The van der Waals surface area contributed by atoms with E-state index >= 15 is 8.63 Å². The first-order valence-electron chi connectivity index (χ1n) is 11.4. The summed E-state index contributed by atoms with van der Waals surface area (Å²) in [6.45, 7) is 1.51. The molecule has 0 unspecified atom stereocenters. The van der Waals surface area contributed by atoms with Crippen LogP contribution in [0.4, 0.5) is 8.63 Å². The Morgan fingerprint density at radius 3 is 2.54 bits per heavy atom. The number of rotatable bonds is 6. The number of carbonyl (C=O) groups excluding carboxylic acids is 1. The van der Waals surface area contributed by atoms with Crippen LogP contribution in [-0.4, -0.2) is 34.0 Å². The molecular weight excluding hydrogens is 465 g/mol. The highest BCUT2D eigenvalue weighted by Crippen LogP contribution is 2.34. The number of halogens is 2. The van der Waals surface area contributed by atoms with E-state index in [9.17, 15) is 4.79 Å².